The lowest BCUT2D eigenvalue weighted by molar-refractivity contribution is -0.143. The first-order valence-corrected chi connectivity index (χ1v) is 27.1. The van der Waals surface area contributed by atoms with Crippen molar-refractivity contribution < 1.29 is 87.2 Å². The van der Waals surface area contributed by atoms with Crippen molar-refractivity contribution in [3.8, 4) is 0 Å². The summed E-state index contributed by atoms with van der Waals surface area (Å²) in [6.45, 7) is -1.45. The Labute approximate surface area is 497 Å². The Kier molecular flexibility index (Phi) is 34.5. The number of amides is 14. The lowest BCUT2D eigenvalue weighted by Crippen LogP contribution is -2.61. The minimum atomic E-state index is -2.06. The van der Waals surface area contributed by atoms with Crippen LogP contribution in [0.4, 0.5) is 0 Å². The lowest BCUT2D eigenvalue weighted by Gasteiger charge is -2.27. The second-order valence-electron chi connectivity index (χ2n) is 19.5. The van der Waals surface area contributed by atoms with Crippen LogP contribution in [0.15, 0.2) is 35.3 Å². The molecule has 0 aliphatic heterocycles. The molecule has 37 nitrogen and oxygen atoms in total. The summed E-state index contributed by atoms with van der Waals surface area (Å²) in [6, 6.07) is -8.77. The number of guanidine groups is 1. The van der Waals surface area contributed by atoms with Crippen molar-refractivity contribution in [2.75, 3.05) is 32.8 Å². The minimum absolute atomic E-state index is 0.0239. The van der Waals surface area contributed by atoms with Gasteiger partial charge in [0, 0.05) is 25.8 Å². The summed E-state index contributed by atoms with van der Waals surface area (Å²) in [5.74, 6) is -17.6. The van der Waals surface area contributed by atoms with Gasteiger partial charge in [-0.1, -0.05) is 30.3 Å². The number of unbranched alkanes of at least 4 members (excludes halogenated alkanes) is 1. The SMILES string of the molecule is C[C@H](NC(=O)[C@H](CO)NC(=O)[C@H](Cc1ccccc1)NC(=O)CN)C(=O)N[C@@H](CCCCN)C(=O)N[C@@H](CC(N)=O)C(=O)N[C@@H](CCC(N)=O)C(=O)N[C@@H](CO)C(=O)N[C@@H](CC(N)=O)C(=O)N[C@@H](CCC(N)=O)C(=O)N[C@@H](CCCN=C(N)N)C(=O)O. The number of aliphatic hydroxyl groups excluding tert-OH is 2. The predicted octanol–water partition coefficient (Wildman–Crippen LogP) is -11.4. The van der Waals surface area contributed by atoms with Crippen molar-refractivity contribution in [3.63, 3.8) is 0 Å². The van der Waals surface area contributed by atoms with E-state index in [4.69, 9.17) is 45.9 Å². The number of hydrogen-bond donors (Lipinski definition) is 21. The Balaban J connectivity index is 3.38. The second kappa shape index (κ2) is 39.8. The third-order valence-electron chi connectivity index (χ3n) is 12.3. The highest BCUT2D eigenvalue weighted by atomic mass is 16.4. The van der Waals surface area contributed by atoms with Crippen molar-refractivity contribution in [3.05, 3.63) is 35.9 Å². The van der Waals surface area contributed by atoms with E-state index < -0.39 is 207 Å². The summed E-state index contributed by atoms with van der Waals surface area (Å²) in [7, 11) is 0. The van der Waals surface area contributed by atoms with Gasteiger partial charge in [0.15, 0.2) is 5.96 Å². The number of carboxylic acid groups (broad SMARTS) is 1. The quantitative estimate of drug-likeness (QED) is 0.0164. The van der Waals surface area contributed by atoms with E-state index in [1.165, 1.54) is 6.92 Å². The zero-order valence-electron chi connectivity index (χ0n) is 47.7. The molecule has 1 aromatic rings. The monoisotopic (exact) mass is 1240 g/mol. The van der Waals surface area contributed by atoms with Crippen LogP contribution in [0.25, 0.3) is 0 Å². The molecule has 0 fully saturated rings. The molecule has 0 bridgehead atoms. The third-order valence-corrected chi connectivity index (χ3v) is 12.3. The topological polar surface area (TPSA) is 658 Å². The van der Waals surface area contributed by atoms with Gasteiger partial charge in [-0.2, -0.15) is 0 Å². The van der Waals surface area contributed by atoms with Crippen LogP contribution >= 0.6 is 0 Å². The number of nitrogens with two attached hydrogens (primary N) is 8. The fraction of sp³-hybridized carbons (Fsp3) is 0.560. The molecule has 29 N–H and O–H groups in total. The summed E-state index contributed by atoms with van der Waals surface area (Å²) >= 11 is 0. The van der Waals surface area contributed by atoms with E-state index in [0.717, 1.165) is 0 Å². The zero-order valence-corrected chi connectivity index (χ0v) is 47.7. The first-order chi connectivity index (χ1) is 41.0. The van der Waals surface area contributed by atoms with E-state index in [0.29, 0.717) is 12.0 Å². The van der Waals surface area contributed by atoms with Crippen LogP contribution in [0, 0.1) is 0 Å². The number of nitrogens with one attached hydrogen (secondary N) is 10. The molecule has 0 heterocycles. The van der Waals surface area contributed by atoms with Gasteiger partial charge in [0.2, 0.25) is 82.7 Å². The molecule has 0 saturated carbocycles. The van der Waals surface area contributed by atoms with Crippen LogP contribution in [-0.4, -0.2) is 203 Å². The Hall–Kier alpha value is -9.62. The molecule has 0 aliphatic carbocycles. The van der Waals surface area contributed by atoms with Gasteiger partial charge in [0.25, 0.3) is 0 Å². The van der Waals surface area contributed by atoms with Crippen molar-refractivity contribution in [2.45, 2.75) is 144 Å². The number of aliphatic hydroxyl groups is 2. The molecule has 0 aliphatic rings. The maximum Gasteiger partial charge on any atom is 0.326 e. The van der Waals surface area contributed by atoms with Gasteiger partial charge in [0.1, 0.15) is 60.4 Å². The number of aliphatic carboxylic acids is 1. The van der Waals surface area contributed by atoms with Gasteiger partial charge < -0.3 is 114 Å². The number of carbonyl (C=O) groups excluding carboxylic acids is 14. The lowest BCUT2D eigenvalue weighted by atomic mass is 10.0. The van der Waals surface area contributed by atoms with Crippen molar-refractivity contribution in [1.82, 2.24) is 53.2 Å². The first-order valence-electron chi connectivity index (χ1n) is 27.1. The second-order valence-corrected chi connectivity index (χ2v) is 19.5. The Morgan fingerprint density at radius 1 is 0.437 bits per heavy atom. The molecule has 484 valence electrons. The van der Waals surface area contributed by atoms with Crippen LogP contribution in [0.1, 0.15) is 83.1 Å². The number of primary amides is 4. The number of aliphatic imine (C=N–C) groups is 1. The standard InChI is InChI=1S/C50H81N19O18/c1-24(60-47(84)33(22-70)69-44(81)30(61-39(76)21-52)18-25-8-3-2-4-9-25)40(77)62-26(10-5-6-16-51)41(78)66-31(19-37(55)74)45(82)64-28(13-15-36(54)73)43(80)68-34(23-71)48(85)67-32(20-38(56)75)46(83)63-27(12-14-35(53)72)42(79)65-29(49(86)87)11-7-17-59-50(57)58/h2-4,8-9,24,26-34,70-71H,5-7,10-23,51-52H2,1H3,(H2,53,72)(H2,54,73)(H2,55,74)(H2,56,75)(H,60,84)(H,61,76)(H,62,77)(H,63,83)(H,64,82)(H,65,79)(H,66,78)(H,67,85)(H,68,80)(H,69,81)(H,86,87)(H4,57,58,59)/t24-,26-,27-,28-,29-,30-,31-,32-,33-,34-/m0/s1. The van der Waals surface area contributed by atoms with E-state index in [1.807, 2.05) is 0 Å². The maximum atomic E-state index is 13.9. The molecular weight excluding hydrogens is 1150 g/mol. The number of carboxylic acids is 1. The molecule has 10 atom stereocenters. The van der Waals surface area contributed by atoms with E-state index in [2.05, 4.69) is 58.2 Å². The van der Waals surface area contributed by atoms with Crippen molar-refractivity contribution in [1.29, 1.82) is 0 Å². The zero-order chi connectivity index (χ0) is 65.9. The molecular formula is C50H81N19O18. The largest absolute Gasteiger partial charge is 0.480 e. The van der Waals surface area contributed by atoms with Gasteiger partial charge in [-0.05, 0) is 64.0 Å². The summed E-state index contributed by atoms with van der Waals surface area (Å²) in [4.78, 5) is 198. The van der Waals surface area contributed by atoms with Crippen LogP contribution in [0.5, 0.6) is 0 Å². The third kappa shape index (κ3) is 30.2. The molecule has 87 heavy (non-hydrogen) atoms. The van der Waals surface area contributed by atoms with Crippen LogP contribution in [0.2, 0.25) is 0 Å². The summed E-state index contributed by atoms with van der Waals surface area (Å²) in [6.07, 6.45) is -4.26. The van der Waals surface area contributed by atoms with E-state index >= 15 is 0 Å². The molecule has 0 radical (unpaired) electrons. The van der Waals surface area contributed by atoms with E-state index in [9.17, 15) is 87.2 Å². The fourth-order valence-corrected chi connectivity index (χ4v) is 7.74. The Bertz CT molecular complexity index is 2610. The van der Waals surface area contributed by atoms with Crippen LogP contribution < -0.4 is 99.0 Å². The van der Waals surface area contributed by atoms with Gasteiger partial charge in [-0.3, -0.25) is 72.1 Å². The number of carbonyl (C=O) groups is 15. The molecule has 14 amide bonds. The number of benzene rings is 1. The van der Waals surface area contributed by atoms with Crippen LogP contribution in [-0.2, 0) is 78.3 Å². The average molecular weight is 1240 g/mol. The molecule has 1 aromatic carbocycles. The van der Waals surface area contributed by atoms with Gasteiger partial charge in [-0.25, -0.2) is 4.79 Å². The Morgan fingerprint density at radius 3 is 1.23 bits per heavy atom. The van der Waals surface area contributed by atoms with Crippen LogP contribution in [0.3, 0.4) is 0 Å². The normalized spacial score (nSPS) is 14.2. The first kappa shape index (κ1) is 75.4. The summed E-state index contributed by atoms with van der Waals surface area (Å²) in [5, 5.41) is 52.4. The average Bonchev–Trinajstić information content (AvgIpc) is 3.03. The van der Waals surface area contributed by atoms with Crippen molar-refractivity contribution >= 4 is 94.6 Å². The molecule has 1 rings (SSSR count). The predicted molar refractivity (Wildman–Crippen MR) is 303 cm³/mol. The van der Waals surface area contributed by atoms with Gasteiger partial charge in [-0.15, -0.1) is 0 Å². The number of hydrogen-bond acceptors (Lipinski definition) is 20. The number of nitrogens with zero attached hydrogens (tertiary/aromatic N) is 1. The van der Waals surface area contributed by atoms with Gasteiger partial charge >= 0.3 is 5.97 Å². The highest BCUT2D eigenvalue weighted by molar-refractivity contribution is 6.00. The molecule has 37 heteroatoms. The number of rotatable bonds is 43. The van der Waals surface area contributed by atoms with Crippen molar-refractivity contribution in [2.24, 2.45) is 50.9 Å². The molecule has 0 saturated heterocycles. The smallest absolute Gasteiger partial charge is 0.326 e. The fourth-order valence-electron chi connectivity index (χ4n) is 7.74. The summed E-state index contributed by atoms with van der Waals surface area (Å²) < 4.78 is 0. The molecule has 0 spiro atoms. The molecule has 0 aromatic heterocycles. The van der Waals surface area contributed by atoms with Gasteiger partial charge in [0.05, 0.1) is 32.6 Å². The van der Waals surface area contributed by atoms with E-state index in [1.54, 1.807) is 30.3 Å². The highest BCUT2D eigenvalue weighted by Crippen LogP contribution is 2.09. The highest BCUT2D eigenvalue weighted by Gasteiger charge is 2.36. The Morgan fingerprint density at radius 2 is 0.816 bits per heavy atom. The van der Waals surface area contributed by atoms with E-state index in [-0.39, 0.29) is 51.2 Å². The molecule has 0 unspecified atom stereocenters. The minimum Gasteiger partial charge on any atom is -0.480 e. The summed E-state index contributed by atoms with van der Waals surface area (Å²) in [5.41, 5.74) is 43.5. The maximum absolute atomic E-state index is 13.9.